The number of halogens is 2. The maximum Gasteiger partial charge on any atom is 0.257 e. The number of anilines is 2. The number of pyridine rings is 1. The predicted molar refractivity (Wildman–Crippen MR) is 95.1 cm³/mol. The summed E-state index contributed by atoms with van der Waals surface area (Å²) in [5, 5.41) is 6.46. The van der Waals surface area contributed by atoms with E-state index < -0.39 is 0 Å². The lowest BCUT2D eigenvalue weighted by Gasteiger charge is -2.08. The zero-order valence-corrected chi connectivity index (χ0v) is 14.4. The zero-order valence-electron chi connectivity index (χ0n) is 11.5. The van der Waals surface area contributed by atoms with Gasteiger partial charge in [-0.2, -0.15) is 0 Å². The zero-order chi connectivity index (χ0) is 15.2. The van der Waals surface area contributed by atoms with E-state index in [9.17, 15) is 4.79 Å². The second-order valence-electron chi connectivity index (χ2n) is 4.44. The van der Waals surface area contributed by atoms with Crippen LogP contribution in [0.4, 0.5) is 11.5 Å². The second kappa shape index (κ2) is 7.61. The molecule has 1 aromatic heterocycles. The highest BCUT2D eigenvalue weighted by molar-refractivity contribution is 14.1. The van der Waals surface area contributed by atoms with E-state index in [2.05, 4.69) is 45.1 Å². The van der Waals surface area contributed by atoms with Crippen molar-refractivity contribution in [3.63, 3.8) is 0 Å². The number of amides is 1. The van der Waals surface area contributed by atoms with Crippen LogP contribution in [0.1, 0.15) is 23.7 Å². The maximum absolute atomic E-state index is 12.1. The number of benzene rings is 1. The fourth-order valence-corrected chi connectivity index (χ4v) is 2.57. The summed E-state index contributed by atoms with van der Waals surface area (Å²) in [6, 6.07) is 9.00. The van der Waals surface area contributed by atoms with E-state index in [0.717, 1.165) is 22.4 Å². The van der Waals surface area contributed by atoms with Crippen LogP contribution in [-0.2, 0) is 0 Å². The minimum Gasteiger partial charge on any atom is -0.370 e. The largest absolute Gasteiger partial charge is 0.370 e. The van der Waals surface area contributed by atoms with Crippen molar-refractivity contribution in [2.75, 3.05) is 17.2 Å². The Balaban J connectivity index is 2.06. The van der Waals surface area contributed by atoms with Crippen molar-refractivity contribution in [1.82, 2.24) is 4.98 Å². The van der Waals surface area contributed by atoms with Crippen LogP contribution < -0.4 is 10.6 Å². The fraction of sp³-hybridized carbons (Fsp3) is 0.200. The summed E-state index contributed by atoms with van der Waals surface area (Å²) in [6.45, 7) is 2.94. The summed E-state index contributed by atoms with van der Waals surface area (Å²) in [7, 11) is 0. The van der Waals surface area contributed by atoms with Crippen LogP contribution in [0.25, 0.3) is 0 Å². The summed E-state index contributed by atoms with van der Waals surface area (Å²) in [4.78, 5) is 16.4. The van der Waals surface area contributed by atoms with Gasteiger partial charge in [0.15, 0.2) is 0 Å². The third-order valence-corrected chi connectivity index (χ3v) is 3.74. The van der Waals surface area contributed by atoms with Crippen molar-refractivity contribution >= 4 is 51.6 Å². The maximum atomic E-state index is 12.1. The lowest BCUT2D eigenvalue weighted by atomic mass is 10.2. The Hall–Kier alpha value is -1.34. The molecule has 2 aromatic rings. The van der Waals surface area contributed by atoms with Gasteiger partial charge in [0, 0.05) is 16.3 Å². The number of hydrogen-bond donors (Lipinski definition) is 2. The number of carbonyl (C=O) groups is 1. The van der Waals surface area contributed by atoms with Crippen LogP contribution in [0.3, 0.4) is 0 Å². The minimum atomic E-state index is -0.229. The molecule has 4 nitrogen and oxygen atoms in total. The molecule has 0 fully saturated rings. The quantitative estimate of drug-likeness (QED) is 0.711. The van der Waals surface area contributed by atoms with Gasteiger partial charge in [-0.3, -0.25) is 4.79 Å². The van der Waals surface area contributed by atoms with E-state index in [-0.39, 0.29) is 5.91 Å². The standard InChI is InChI=1S/C15H15ClIN3O/c1-2-7-18-14-6-3-10(9-19-14)15(21)20-13-5-4-11(17)8-12(13)16/h3-6,8-9H,2,7H2,1H3,(H,18,19)(H,20,21). The number of aromatic nitrogens is 1. The third kappa shape index (κ3) is 4.57. The smallest absolute Gasteiger partial charge is 0.257 e. The topological polar surface area (TPSA) is 54.0 Å². The lowest BCUT2D eigenvalue weighted by molar-refractivity contribution is 0.102. The van der Waals surface area contributed by atoms with Crippen molar-refractivity contribution in [3.05, 3.63) is 50.7 Å². The number of rotatable bonds is 5. The molecule has 0 saturated carbocycles. The lowest BCUT2D eigenvalue weighted by Crippen LogP contribution is -2.13. The molecule has 0 aliphatic rings. The van der Waals surface area contributed by atoms with Gasteiger partial charge in [0.1, 0.15) is 5.82 Å². The monoisotopic (exact) mass is 415 g/mol. The van der Waals surface area contributed by atoms with Crippen molar-refractivity contribution < 1.29 is 4.79 Å². The van der Waals surface area contributed by atoms with Crippen molar-refractivity contribution in [2.24, 2.45) is 0 Å². The summed E-state index contributed by atoms with van der Waals surface area (Å²) in [5.41, 5.74) is 1.09. The summed E-state index contributed by atoms with van der Waals surface area (Å²) in [6.07, 6.45) is 2.57. The third-order valence-electron chi connectivity index (χ3n) is 2.76. The SMILES string of the molecule is CCCNc1ccc(C(=O)Nc2ccc(I)cc2Cl)cn1. The van der Waals surface area contributed by atoms with Gasteiger partial charge >= 0.3 is 0 Å². The van der Waals surface area contributed by atoms with Gasteiger partial charge in [-0.1, -0.05) is 18.5 Å². The first-order valence-electron chi connectivity index (χ1n) is 6.56. The molecule has 1 amide bonds. The van der Waals surface area contributed by atoms with Crippen LogP contribution >= 0.6 is 34.2 Å². The van der Waals surface area contributed by atoms with Gasteiger partial charge in [-0.15, -0.1) is 0 Å². The number of carbonyl (C=O) groups excluding carboxylic acids is 1. The molecule has 1 aromatic carbocycles. The Morgan fingerprint density at radius 3 is 2.76 bits per heavy atom. The van der Waals surface area contributed by atoms with Gasteiger partial charge < -0.3 is 10.6 Å². The number of hydrogen-bond acceptors (Lipinski definition) is 3. The van der Waals surface area contributed by atoms with E-state index in [4.69, 9.17) is 11.6 Å². The molecule has 0 aliphatic carbocycles. The Morgan fingerprint density at radius 2 is 2.14 bits per heavy atom. The molecule has 0 unspecified atom stereocenters. The first-order valence-corrected chi connectivity index (χ1v) is 8.02. The van der Waals surface area contributed by atoms with E-state index in [0.29, 0.717) is 16.3 Å². The predicted octanol–water partition coefficient (Wildman–Crippen LogP) is 4.41. The Morgan fingerprint density at radius 1 is 1.33 bits per heavy atom. The van der Waals surface area contributed by atoms with Gasteiger partial charge in [-0.05, 0) is 59.3 Å². The molecule has 0 radical (unpaired) electrons. The Bertz CT molecular complexity index is 631. The van der Waals surface area contributed by atoms with Crippen LogP contribution in [0.5, 0.6) is 0 Å². The molecule has 2 N–H and O–H groups in total. The van der Waals surface area contributed by atoms with E-state index in [1.54, 1.807) is 30.5 Å². The van der Waals surface area contributed by atoms with Crippen LogP contribution in [0.15, 0.2) is 36.5 Å². The molecule has 0 atom stereocenters. The van der Waals surface area contributed by atoms with Crippen LogP contribution in [0.2, 0.25) is 5.02 Å². The average molecular weight is 416 g/mol. The van der Waals surface area contributed by atoms with Crippen molar-refractivity contribution in [3.8, 4) is 0 Å². The summed E-state index contributed by atoms with van der Waals surface area (Å²) in [5.74, 6) is 0.536. The molecule has 21 heavy (non-hydrogen) atoms. The van der Waals surface area contributed by atoms with Crippen LogP contribution in [-0.4, -0.2) is 17.4 Å². The summed E-state index contributed by atoms with van der Waals surface area (Å²) >= 11 is 8.27. The minimum absolute atomic E-state index is 0.229. The van der Waals surface area contributed by atoms with Gasteiger partial charge in [0.05, 0.1) is 16.3 Å². The Kier molecular flexibility index (Phi) is 5.81. The molecular weight excluding hydrogens is 401 g/mol. The first kappa shape index (κ1) is 16.0. The van der Waals surface area contributed by atoms with Crippen LogP contribution in [0, 0.1) is 3.57 Å². The normalized spacial score (nSPS) is 10.2. The van der Waals surface area contributed by atoms with Crippen molar-refractivity contribution in [1.29, 1.82) is 0 Å². The molecule has 2 rings (SSSR count). The highest BCUT2D eigenvalue weighted by Gasteiger charge is 2.09. The molecule has 0 spiro atoms. The number of nitrogens with zero attached hydrogens (tertiary/aromatic N) is 1. The first-order chi connectivity index (χ1) is 10.1. The molecular formula is C15H15ClIN3O. The summed E-state index contributed by atoms with van der Waals surface area (Å²) < 4.78 is 1.02. The molecule has 0 saturated heterocycles. The molecule has 1 heterocycles. The second-order valence-corrected chi connectivity index (χ2v) is 6.09. The number of nitrogens with one attached hydrogen (secondary N) is 2. The van der Waals surface area contributed by atoms with Gasteiger partial charge in [0.2, 0.25) is 0 Å². The average Bonchev–Trinajstić information content (AvgIpc) is 2.48. The van der Waals surface area contributed by atoms with E-state index in [1.807, 2.05) is 6.07 Å². The van der Waals surface area contributed by atoms with E-state index >= 15 is 0 Å². The van der Waals surface area contributed by atoms with Gasteiger partial charge in [-0.25, -0.2) is 4.98 Å². The Labute approximate surface area is 142 Å². The molecule has 0 aliphatic heterocycles. The molecule has 0 bridgehead atoms. The highest BCUT2D eigenvalue weighted by Crippen LogP contribution is 2.24. The fourth-order valence-electron chi connectivity index (χ4n) is 1.67. The molecule has 6 heteroatoms. The van der Waals surface area contributed by atoms with E-state index in [1.165, 1.54) is 0 Å². The van der Waals surface area contributed by atoms with Crippen molar-refractivity contribution in [2.45, 2.75) is 13.3 Å². The molecule has 110 valence electrons. The van der Waals surface area contributed by atoms with Gasteiger partial charge in [0.25, 0.3) is 5.91 Å². The highest BCUT2D eigenvalue weighted by atomic mass is 127.